The number of hydrogen-bond acceptors (Lipinski definition) is 2. The summed E-state index contributed by atoms with van der Waals surface area (Å²) in [5.41, 5.74) is 2.08. The van der Waals surface area contributed by atoms with Gasteiger partial charge in [-0.25, -0.2) is 4.79 Å². The molecule has 1 atom stereocenters. The first-order valence-electron chi connectivity index (χ1n) is 8.24. The number of urea groups is 1. The van der Waals surface area contributed by atoms with Crippen LogP contribution in [0.25, 0.3) is 0 Å². The van der Waals surface area contributed by atoms with Gasteiger partial charge in [0, 0.05) is 42.9 Å². The van der Waals surface area contributed by atoms with Crippen molar-refractivity contribution in [1.82, 2.24) is 9.80 Å². The monoisotopic (exact) mass is 343 g/mol. The highest BCUT2D eigenvalue weighted by Gasteiger charge is 2.24. The van der Waals surface area contributed by atoms with Gasteiger partial charge in [-0.3, -0.25) is 4.90 Å². The van der Waals surface area contributed by atoms with E-state index < -0.39 is 0 Å². The van der Waals surface area contributed by atoms with Crippen LogP contribution in [0.2, 0.25) is 5.02 Å². The number of anilines is 1. The van der Waals surface area contributed by atoms with Gasteiger partial charge < -0.3 is 10.2 Å². The lowest BCUT2D eigenvalue weighted by Gasteiger charge is -2.38. The number of rotatable bonds is 3. The van der Waals surface area contributed by atoms with E-state index in [0.29, 0.717) is 11.1 Å². The van der Waals surface area contributed by atoms with Gasteiger partial charge in [-0.2, -0.15) is 0 Å². The molecule has 0 unspecified atom stereocenters. The summed E-state index contributed by atoms with van der Waals surface area (Å²) in [6, 6.07) is 18.0. The fourth-order valence-electron chi connectivity index (χ4n) is 2.99. The summed E-state index contributed by atoms with van der Waals surface area (Å²) >= 11 is 5.86. The van der Waals surface area contributed by atoms with Crippen LogP contribution in [0.3, 0.4) is 0 Å². The third-order valence-corrected chi connectivity index (χ3v) is 4.78. The summed E-state index contributed by atoms with van der Waals surface area (Å²) in [6.45, 7) is 5.44. The van der Waals surface area contributed by atoms with Crippen LogP contribution in [0, 0.1) is 0 Å². The van der Waals surface area contributed by atoms with Gasteiger partial charge in [0.1, 0.15) is 0 Å². The molecule has 126 valence electrons. The molecule has 1 N–H and O–H groups in total. The van der Waals surface area contributed by atoms with Crippen molar-refractivity contribution in [2.75, 3.05) is 31.5 Å². The van der Waals surface area contributed by atoms with E-state index in [1.54, 1.807) is 12.1 Å². The molecule has 1 saturated heterocycles. The Morgan fingerprint density at radius 3 is 2.25 bits per heavy atom. The summed E-state index contributed by atoms with van der Waals surface area (Å²) < 4.78 is 0. The molecule has 24 heavy (non-hydrogen) atoms. The van der Waals surface area contributed by atoms with E-state index in [-0.39, 0.29) is 6.03 Å². The van der Waals surface area contributed by atoms with Crippen LogP contribution in [0.4, 0.5) is 10.5 Å². The number of benzene rings is 2. The first-order valence-corrected chi connectivity index (χ1v) is 8.62. The third kappa shape index (κ3) is 4.08. The molecule has 3 rings (SSSR count). The highest BCUT2D eigenvalue weighted by molar-refractivity contribution is 6.30. The second-order valence-corrected chi connectivity index (χ2v) is 6.48. The fraction of sp³-hybridized carbons (Fsp3) is 0.316. The number of amides is 2. The first-order chi connectivity index (χ1) is 11.6. The number of hydrogen-bond donors (Lipinski definition) is 1. The van der Waals surface area contributed by atoms with Gasteiger partial charge >= 0.3 is 6.03 Å². The van der Waals surface area contributed by atoms with E-state index in [0.717, 1.165) is 31.9 Å². The zero-order valence-corrected chi connectivity index (χ0v) is 14.5. The average molecular weight is 344 g/mol. The molecule has 0 radical (unpaired) electrons. The molecule has 1 aliphatic rings. The van der Waals surface area contributed by atoms with Gasteiger partial charge in [0.2, 0.25) is 0 Å². The van der Waals surface area contributed by atoms with Gasteiger partial charge in [-0.1, -0.05) is 41.9 Å². The molecule has 2 amide bonds. The van der Waals surface area contributed by atoms with Crippen LogP contribution in [-0.2, 0) is 0 Å². The van der Waals surface area contributed by atoms with Crippen molar-refractivity contribution in [3.8, 4) is 0 Å². The van der Waals surface area contributed by atoms with E-state index >= 15 is 0 Å². The quantitative estimate of drug-likeness (QED) is 0.904. The SMILES string of the molecule is C[C@H](c1ccccc1)N1CCN(C(=O)Nc2ccc(Cl)cc2)CC1. The molecule has 2 aromatic rings. The Labute approximate surface area is 148 Å². The summed E-state index contributed by atoms with van der Waals surface area (Å²) in [7, 11) is 0. The Morgan fingerprint density at radius 2 is 1.62 bits per heavy atom. The molecule has 2 aromatic carbocycles. The third-order valence-electron chi connectivity index (χ3n) is 4.53. The number of carbonyl (C=O) groups excluding carboxylic acids is 1. The number of carbonyl (C=O) groups is 1. The molecule has 0 aromatic heterocycles. The van der Waals surface area contributed by atoms with Crippen molar-refractivity contribution in [3.63, 3.8) is 0 Å². The standard InChI is InChI=1S/C19H22ClN3O/c1-15(16-5-3-2-4-6-16)22-11-13-23(14-12-22)19(24)21-18-9-7-17(20)8-10-18/h2-10,15H,11-14H2,1H3,(H,21,24)/t15-/m1/s1. The molecule has 4 nitrogen and oxygen atoms in total. The number of piperazine rings is 1. The van der Waals surface area contributed by atoms with Crippen LogP contribution >= 0.6 is 11.6 Å². The predicted octanol–water partition coefficient (Wildman–Crippen LogP) is 4.25. The summed E-state index contributed by atoms with van der Waals surface area (Å²) in [6.07, 6.45) is 0. The Balaban J connectivity index is 1.53. The minimum Gasteiger partial charge on any atom is -0.322 e. The Kier molecular flexibility index (Phi) is 5.38. The van der Waals surface area contributed by atoms with Crippen molar-refractivity contribution >= 4 is 23.3 Å². The van der Waals surface area contributed by atoms with E-state index in [9.17, 15) is 4.79 Å². The van der Waals surface area contributed by atoms with Crippen LogP contribution in [0.1, 0.15) is 18.5 Å². The van der Waals surface area contributed by atoms with E-state index in [1.807, 2.05) is 23.1 Å². The maximum absolute atomic E-state index is 12.4. The van der Waals surface area contributed by atoms with E-state index in [2.05, 4.69) is 41.4 Å². The van der Waals surface area contributed by atoms with Gasteiger partial charge in [0.05, 0.1) is 0 Å². The summed E-state index contributed by atoms with van der Waals surface area (Å²) in [5, 5.41) is 3.59. The molecular formula is C19H22ClN3O. The Bertz CT molecular complexity index is 667. The van der Waals surface area contributed by atoms with Crippen LogP contribution < -0.4 is 5.32 Å². The van der Waals surface area contributed by atoms with Gasteiger partial charge in [-0.05, 0) is 36.8 Å². The zero-order valence-electron chi connectivity index (χ0n) is 13.8. The van der Waals surface area contributed by atoms with Crippen molar-refractivity contribution in [2.24, 2.45) is 0 Å². The summed E-state index contributed by atoms with van der Waals surface area (Å²) in [4.78, 5) is 16.6. The molecular weight excluding hydrogens is 322 g/mol. The highest BCUT2D eigenvalue weighted by atomic mass is 35.5. The van der Waals surface area contributed by atoms with Crippen molar-refractivity contribution in [1.29, 1.82) is 0 Å². The topological polar surface area (TPSA) is 35.6 Å². The predicted molar refractivity (Wildman–Crippen MR) is 98.5 cm³/mol. The fourth-order valence-corrected chi connectivity index (χ4v) is 3.12. The minimum atomic E-state index is -0.0515. The van der Waals surface area contributed by atoms with Gasteiger partial charge in [-0.15, -0.1) is 0 Å². The lowest BCUT2D eigenvalue weighted by molar-refractivity contribution is 0.119. The normalized spacial score (nSPS) is 16.7. The minimum absolute atomic E-state index is 0.0515. The molecule has 1 heterocycles. The molecule has 0 aliphatic carbocycles. The molecule has 0 spiro atoms. The number of nitrogens with zero attached hydrogens (tertiary/aromatic N) is 2. The van der Waals surface area contributed by atoms with Crippen molar-refractivity contribution < 1.29 is 4.79 Å². The van der Waals surface area contributed by atoms with Crippen LogP contribution in [0.5, 0.6) is 0 Å². The number of nitrogens with one attached hydrogen (secondary N) is 1. The zero-order chi connectivity index (χ0) is 16.9. The van der Waals surface area contributed by atoms with Crippen LogP contribution in [0.15, 0.2) is 54.6 Å². The van der Waals surface area contributed by atoms with Crippen molar-refractivity contribution in [2.45, 2.75) is 13.0 Å². The second kappa shape index (κ2) is 7.69. The average Bonchev–Trinajstić information content (AvgIpc) is 2.64. The second-order valence-electron chi connectivity index (χ2n) is 6.05. The van der Waals surface area contributed by atoms with Crippen molar-refractivity contribution in [3.05, 3.63) is 65.2 Å². The Hall–Kier alpha value is -2.04. The molecule has 0 bridgehead atoms. The lowest BCUT2D eigenvalue weighted by Crippen LogP contribution is -2.50. The highest BCUT2D eigenvalue weighted by Crippen LogP contribution is 2.21. The van der Waals surface area contributed by atoms with Crippen LogP contribution in [-0.4, -0.2) is 42.0 Å². The molecule has 0 saturated carbocycles. The maximum Gasteiger partial charge on any atom is 0.321 e. The van der Waals surface area contributed by atoms with E-state index in [4.69, 9.17) is 11.6 Å². The molecule has 1 fully saturated rings. The first kappa shape index (κ1) is 16.8. The molecule has 1 aliphatic heterocycles. The maximum atomic E-state index is 12.4. The molecule has 5 heteroatoms. The largest absolute Gasteiger partial charge is 0.322 e. The smallest absolute Gasteiger partial charge is 0.321 e. The lowest BCUT2D eigenvalue weighted by atomic mass is 10.1. The van der Waals surface area contributed by atoms with Gasteiger partial charge in [0.15, 0.2) is 0 Å². The summed E-state index contributed by atoms with van der Waals surface area (Å²) in [5.74, 6) is 0. The Morgan fingerprint density at radius 1 is 1.00 bits per heavy atom. The van der Waals surface area contributed by atoms with Gasteiger partial charge in [0.25, 0.3) is 0 Å². The number of halogens is 1. The van der Waals surface area contributed by atoms with E-state index in [1.165, 1.54) is 5.56 Å².